The third-order valence-corrected chi connectivity index (χ3v) is 5.03. The number of hydrogen-bond acceptors (Lipinski definition) is 6. The summed E-state index contributed by atoms with van der Waals surface area (Å²) >= 11 is 0. The number of rotatable bonds is 8. The molecule has 3 aromatic rings. The van der Waals surface area contributed by atoms with Crippen LogP contribution in [0, 0.1) is 25.2 Å². The van der Waals surface area contributed by atoms with Crippen molar-refractivity contribution in [1.82, 2.24) is 4.98 Å². The largest absolute Gasteiger partial charge is 0.496 e. The summed E-state index contributed by atoms with van der Waals surface area (Å²) in [6.45, 7) is 6.75. The van der Waals surface area contributed by atoms with Crippen molar-refractivity contribution < 1.29 is 14.2 Å². The van der Waals surface area contributed by atoms with Gasteiger partial charge in [-0.3, -0.25) is 4.98 Å². The molecular weight excluding hydrogens is 378 g/mol. The average Bonchev–Trinajstić information content (AvgIpc) is 2.75. The lowest BCUT2D eigenvalue weighted by Gasteiger charge is -2.17. The molecule has 1 heterocycles. The molecule has 6 heteroatoms. The normalized spacial score (nSPS) is 10.5. The Hall–Kier alpha value is -3.46. The molecule has 0 spiro atoms. The van der Waals surface area contributed by atoms with Crippen LogP contribution in [0.2, 0.25) is 0 Å². The van der Waals surface area contributed by atoms with Crippen LogP contribution in [0.3, 0.4) is 0 Å². The summed E-state index contributed by atoms with van der Waals surface area (Å²) in [5, 5.41) is 13.9. The van der Waals surface area contributed by atoms with Gasteiger partial charge in [-0.25, -0.2) is 0 Å². The number of unbranched alkanes of at least 4 members (excludes halogenated alkanes) is 1. The van der Waals surface area contributed by atoms with Crippen LogP contribution in [0.4, 0.5) is 11.4 Å². The summed E-state index contributed by atoms with van der Waals surface area (Å²) in [5.74, 6) is 2.04. The lowest BCUT2D eigenvalue weighted by atomic mass is 10.1. The van der Waals surface area contributed by atoms with Gasteiger partial charge < -0.3 is 19.5 Å². The monoisotopic (exact) mass is 405 g/mol. The maximum absolute atomic E-state index is 9.68. The van der Waals surface area contributed by atoms with E-state index >= 15 is 0 Å². The van der Waals surface area contributed by atoms with Gasteiger partial charge in [0.25, 0.3) is 0 Å². The highest BCUT2D eigenvalue weighted by Gasteiger charge is 2.16. The van der Waals surface area contributed by atoms with E-state index in [0.717, 1.165) is 46.3 Å². The number of nitriles is 1. The number of aryl methyl sites for hydroxylation is 2. The van der Waals surface area contributed by atoms with Crippen molar-refractivity contribution in [1.29, 1.82) is 5.26 Å². The molecule has 0 unspecified atom stereocenters. The zero-order valence-corrected chi connectivity index (χ0v) is 18.1. The van der Waals surface area contributed by atoms with Gasteiger partial charge in [-0.2, -0.15) is 5.26 Å². The summed E-state index contributed by atoms with van der Waals surface area (Å²) in [7, 11) is 3.26. The Labute approximate surface area is 177 Å². The molecule has 156 valence electrons. The van der Waals surface area contributed by atoms with Crippen molar-refractivity contribution in [2.24, 2.45) is 0 Å². The van der Waals surface area contributed by atoms with Gasteiger partial charge >= 0.3 is 0 Å². The summed E-state index contributed by atoms with van der Waals surface area (Å²) in [6.07, 6.45) is 3.59. The molecule has 0 amide bonds. The molecule has 2 aromatic carbocycles. The second kappa shape index (κ2) is 9.36. The molecule has 0 bridgehead atoms. The SMILES string of the molecule is CCCCOc1cc2ncc(C#N)c(Nc3cc(OC)c(C)cc3C)c2cc1OC. The Bertz CT molecular complexity index is 1100. The van der Waals surface area contributed by atoms with Gasteiger partial charge in [0, 0.05) is 29.4 Å². The molecule has 1 N–H and O–H groups in total. The number of pyridine rings is 1. The third-order valence-electron chi connectivity index (χ3n) is 5.03. The number of benzene rings is 2. The van der Waals surface area contributed by atoms with Crippen LogP contribution < -0.4 is 19.5 Å². The Balaban J connectivity index is 2.12. The van der Waals surface area contributed by atoms with Gasteiger partial charge in [0.2, 0.25) is 0 Å². The van der Waals surface area contributed by atoms with Crippen LogP contribution >= 0.6 is 0 Å². The second-order valence-electron chi connectivity index (χ2n) is 7.14. The maximum atomic E-state index is 9.68. The average molecular weight is 405 g/mol. The third kappa shape index (κ3) is 4.25. The Kier molecular flexibility index (Phi) is 6.63. The first-order valence-electron chi connectivity index (χ1n) is 9.98. The molecular formula is C24H27N3O3. The fraction of sp³-hybridized carbons (Fsp3) is 0.333. The van der Waals surface area contributed by atoms with Crippen molar-refractivity contribution >= 4 is 22.3 Å². The minimum atomic E-state index is 0.447. The number of anilines is 2. The van der Waals surface area contributed by atoms with E-state index in [2.05, 4.69) is 29.4 Å². The molecule has 0 aliphatic heterocycles. The molecule has 6 nitrogen and oxygen atoms in total. The van der Waals surface area contributed by atoms with Gasteiger partial charge in [0.1, 0.15) is 11.8 Å². The zero-order chi connectivity index (χ0) is 21.7. The lowest BCUT2D eigenvalue weighted by Crippen LogP contribution is -2.02. The predicted octanol–water partition coefficient (Wildman–Crippen LogP) is 5.66. The molecule has 0 saturated carbocycles. The highest BCUT2D eigenvalue weighted by Crippen LogP contribution is 2.38. The fourth-order valence-corrected chi connectivity index (χ4v) is 3.34. The number of methoxy groups -OCH3 is 2. The first kappa shape index (κ1) is 21.3. The van der Waals surface area contributed by atoms with E-state index in [1.165, 1.54) is 0 Å². The standard InChI is InChI=1S/C24H27N3O3/c1-6-7-8-30-23-12-20-18(10-22(23)29-5)24(17(13-25)14-26-20)27-19-11-21(28-4)16(3)9-15(19)2/h9-12,14H,6-8H2,1-5H3,(H,26,27). The molecule has 0 radical (unpaired) electrons. The van der Waals surface area contributed by atoms with Crippen LogP contribution in [-0.4, -0.2) is 25.8 Å². The van der Waals surface area contributed by atoms with Crippen molar-refractivity contribution in [2.75, 3.05) is 26.1 Å². The van der Waals surface area contributed by atoms with Gasteiger partial charge in [-0.05, 0) is 37.5 Å². The summed E-state index contributed by atoms with van der Waals surface area (Å²) in [6, 6.07) is 9.96. The van der Waals surface area contributed by atoms with E-state index in [1.54, 1.807) is 20.4 Å². The highest BCUT2D eigenvalue weighted by molar-refractivity contribution is 5.98. The number of fused-ring (bicyclic) bond motifs is 1. The molecule has 0 aliphatic rings. The van der Waals surface area contributed by atoms with Gasteiger partial charge in [0.15, 0.2) is 11.5 Å². The van der Waals surface area contributed by atoms with E-state index in [4.69, 9.17) is 14.2 Å². The summed E-state index contributed by atoms with van der Waals surface area (Å²) in [5.41, 5.74) is 4.81. The van der Waals surface area contributed by atoms with Gasteiger partial charge in [0.05, 0.1) is 37.6 Å². The van der Waals surface area contributed by atoms with Crippen LogP contribution in [0.1, 0.15) is 36.5 Å². The van der Waals surface area contributed by atoms with E-state index in [0.29, 0.717) is 29.4 Å². The summed E-state index contributed by atoms with van der Waals surface area (Å²) in [4.78, 5) is 4.47. The van der Waals surface area contributed by atoms with Crippen molar-refractivity contribution in [3.05, 3.63) is 47.2 Å². The number of ether oxygens (including phenoxy) is 3. The topological polar surface area (TPSA) is 76.4 Å². The minimum absolute atomic E-state index is 0.447. The number of nitrogens with zero attached hydrogens (tertiary/aromatic N) is 2. The molecule has 0 saturated heterocycles. The van der Waals surface area contributed by atoms with E-state index < -0.39 is 0 Å². The second-order valence-corrected chi connectivity index (χ2v) is 7.14. The zero-order valence-electron chi connectivity index (χ0n) is 18.1. The summed E-state index contributed by atoms with van der Waals surface area (Å²) < 4.78 is 16.9. The van der Waals surface area contributed by atoms with E-state index in [1.807, 2.05) is 32.0 Å². The lowest BCUT2D eigenvalue weighted by molar-refractivity contribution is 0.289. The molecule has 30 heavy (non-hydrogen) atoms. The molecule has 3 rings (SSSR count). The molecule has 0 aliphatic carbocycles. The smallest absolute Gasteiger partial charge is 0.163 e. The Morgan fingerprint density at radius 1 is 1.00 bits per heavy atom. The molecule has 0 atom stereocenters. The fourth-order valence-electron chi connectivity index (χ4n) is 3.34. The van der Waals surface area contributed by atoms with Crippen LogP contribution in [-0.2, 0) is 0 Å². The predicted molar refractivity (Wildman–Crippen MR) is 119 cm³/mol. The highest BCUT2D eigenvalue weighted by atomic mass is 16.5. The first-order valence-corrected chi connectivity index (χ1v) is 9.98. The maximum Gasteiger partial charge on any atom is 0.163 e. The number of nitrogens with one attached hydrogen (secondary N) is 1. The Morgan fingerprint density at radius 3 is 2.43 bits per heavy atom. The molecule has 1 aromatic heterocycles. The first-order chi connectivity index (χ1) is 14.5. The van der Waals surface area contributed by atoms with Crippen molar-refractivity contribution in [2.45, 2.75) is 33.6 Å². The van der Waals surface area contributed by atoms with E-state index in [-0.39, 0.29) is 0 Å². The van der Waals surface area contributed by atoms with Gasteiger partial charge in [-0.1, -0.05) is 19.4 Å². The van der Waals surface area contributed by atoms with Crippen LogP contribution in [0.5, 0.6) is 17.2 Å². The Morgan fingerprint density at radius 2 is 1.77 bits per heavy atom. The number of aromatic nitrogens is 1. The van der Waals surface area contributed by atoms with Gasteiger partial charge in [-0.15, -0.1) is 0 Å². The quantitative estimate of drug-likeness (QED) is 0.487. The van der Waals surface area contributed by atoms with E-state index in [9.17, 15) is 5.26 Å². The van der Waals surface area contributed by atoms with Crippen molar-refractivity contribution in [3.8, 4) is 23.3 Å². The number of hydrogen-bond donors (Lipinski definition) is 1. The van der Waals surface area contributed by atoms with Crippen LogP contribution in [0.15, 0.2) is 30.5 Å². The van der Waals surface area contributed by atoms with Crippen LogP contribution in [0.25, 0.3) is 10.9 Å². The molecule has 0 fully saturated rings. The minimum Gasteiger partial charge on any atom is -0.496 e. The van der Waals surface area contributed by atoms with Crippen molar-refractivity contribution in [3.63, 3.8) is 0 Å².